The third-order valence-electron chi connectivity index (χ3n) is 3.51. The summed E-state index contributed by atoms with van der Waals surface area (Å²) in [5.41, 5.74) is 3.62. The molecule has 20 heavy (non-hydrogen) atoms. The number of aromatic nitrogens is 3. The molecule has 2 heterocycles. The third kappa shape index (κ3) is 1.45. The van der Waals surface area contributed by atoms with Gasteiger partial charge in [0.15, 0.2) is 11.6 Å². The quantitative estimate of drug-likeness (QED) is 0.529. The van der Waals surface area contributed by atoms with Crippen LogP contribution < -0.4 is 0 Å². The molecule has 1 aliphatic rings. The second kappa shape index (κ2) is 3.87. The zero-order valence-electron chi connectivity index (χ0n) is 10.9. The van der Waals surface area contributed by atoms with Gasteiger partial charge in [0.05, 0.1) is 5.56 Å². The highest BCUT2D eigenvalue weighted by Crippen LogP contribution is 2.31. The van der Waals surface area contributed by atoms with E-state index in [2.05, 4.69) is 10.1 Å². The minimum absolute atomic E-state index is 0.110. The Bertz CT molecular complexity index is 831. The second-order valence-corrected chi connectivity index (χ2v) is 4.89. The summed E-state index contributed by atoms with van der Waals surface area (Å²) in [6.45, 7) is 2.03. The molecule has 0 saturated carbocycles. The van der Waals surface area contributed by atoms with E-state index in [4.69, 9.17) is 0 Å². The van der Waals surface area contributed by atoms with Crippen LogP contribution in [0.15, 0.2) is 48.5 Å². The molecule has 0 aliphatic carbocycles. The number of hydrogen-bond acceptors (Lipinski definition) is 3. The summed E-state index contributed by atoms with van der Waals surface area (Å²) in [7, 11) is 0. The maximum absolute atomic E-state index is 12.2. The Morgan fingerprint density at radius 3 is 2.40 bits per heavy atom. The van der Waals surface area contributed by atoms with Gasteiger partial charge in [-0.25, -0.2) is 4.98 Å². The SMILES string of the molecule is Cc1ccc(-c2nc3n(n2)C(=O)c2ccccc2-3)cc1. The molecule has 1 aromatic heterocycles. The first kappa shape index (κ1) is 11.1. The van der Waals surface area contributed by atoms with E-state index in [1.807, 2.05) is 49.4 Å². The van der Waals surface area contributed by atoms with Gasteiger partial charge in [-0.2, -0.15) is 4.68 Å². The van der Waals surface area contributed by atoms with Gasteiger partial charge in [-0.05, 0) is 13.0 Å². The van der Waals surface area contributed by atoms with E-state index >= 15 is 0 Å². The normalized spacial score (nSPS) is 12.3. The van der Waals surface area contributed by atoms with Crippen molar-refractivity contribution in [2.24, 2.45) is 0 Å². The van der Waals surface area contributed by atoms with Crippen LogP contribution in [0.5, 0.6) is 0 Å². The zero-order chi connectivity index (χ0) is 13.7. The lowest BCUT2D eigenvalue weighted by molar-refractivity contribution is 0.0955. The highest BCUT2D eigenvalue weighted by atomic mass is 16.2. The van der Waals surface area contributed by atoms with Gasteiger partial charge in [-0.15, -0.1) is 5.10 Å². The minimum atomic E-state index is -0.110. The van der Waals surface area contributed by atoms with E-state index in [1.165, 1.54) is 10.2 Å². The van der Waals surface area contributed by atoms with Crippen molar-refractivity contribution in [2.75, 3.05) is 0 Å². The average Bonchev–Trinajstić information content (AvgIpc) is 3.01. The first-order valence-electron chi connectivity index (χ1n) is 6.42. The van der Waals surface area contributed by atoms with Crippen molar-refractivity contribution in [3.8, 4) is 22.8 Å². The summed E-state index contributed by atoms with van der Waals surface area (Å²) in [6, 6.07) is 15.4. The van der Waals surface area contributed by atoms with E-state index < -0.39 is 0 Å². The number of nitrogens with zero attached hydrogens (tertiary/aromatic N) is 3. The Morgan fingerprint density at radius 2 is 1.65 bits per heavy atom. The topological polar surface area (TPSA) is 47.8 Å². The number of hydrogen-bond donors (Lipinski definition) is 0. The van der Waals surface area contributed by atoms with Crippen LogP contribution in [-0.4, -0.2) is 20.7 Å². The fourth-order valence-electron chi connectivity index (χ4n) is 2.43. The van der Waals surface area contributed by atoms with E-state index in [0.29, 0.717) is 17.2 Å². The molecule has 0 fully saturated rings. The van der Waals surface area contributed by atoms with Gasteiger partial charge in [0.1, 0.15) is 0 Å². The molecule has 4 rings (SSSR count). The predicted molar refractivity (Wildman–Crippen MR) is 75.4 cm³/mol. The predicted octanol–water partition coefficient (Wildman–Crippen LogP) is 2.92. The van der Waals surface area contributed by atoms with Gasteiger partial charge in [0.25, 0.3) is 5.91 Å². The van der Waals surface area contributed by atoms with Crippen LogP contribution in [0.2, 0.25) is 0 Å². The van der Waals surface area contributed by atoms with Gasteiger partial charge < -0.3 is 0 Å². The molecule has 0 N–H and O–H groups in total. The lowest BCUT2D eigenvalue weighted by Gasteiger charge is -1.97. The Kier molecular flexibility index (Phi) is 2.15. The van der Waals surface area contributed by atoms with E-state index in [-0.39, 0.29) is 5.91 Å². The van der Waals surface area contributed by atoms with Crippen molar-refractivity contribution in [3.63, 3.8) is 0 Å². The molecule has 2 aromatic carbocycles. The molecule has 4 heteroatoms. The van der Waals surface area contributed by atoms with Gasteiger partial charge >= 0.3 is 0 Å². The van der Waals surface area contributed by atoms with Gasteiger partial charge in [0.2, 0.25) is 0 Å². The molecule has 0 spiro atoms. The summed E-state index contributed by atoms with van der Waals surface area (Å²) in [5.74, 6) is 1.10. The standard InChI is InChI=1S/C16H11N3O/c1-10-6-8-11(9-7-10)14-17-15-12-4-2-3-5-13(12)16(20)19(15)18-14/h2-9H,1H3. The van der Waals surface area contributed by atoms with Crippen molar-refractivity contribution < 1.29 is 4.79 Å². The first-order valence-corrected chi connectivity index (χ1v) is 6.42. The second-order valence-electron chi connectivity index (χ2n) is 4.89. The van der Waals surface area contributed by atoms with Gasteiger partial charge in [-0.1, -0.05) is 48.0 Å². The number of aryl methyl sites for hydroxylation is 1. The number of carbonyl (C=O) groups excluding carboxylic acids is 1. The summed E-state index contributed by atoms with van der Waals surface area (Å²) < 4.78 is 1.39. The molecule has 0 radical (unpaired) electrons. The zero-order valence-corrected chi connectivity index (χ0v) is 10.9. The van der Waals surface area contributed by atoms with Crippen LogP contribution in [0, 0.1) is 6.92 Å². The minimum Gasteiger partial charge on any atom is -0.267 e. The van der Waals surface area contributed by atoms with Crippen LogP contribution in [-0.2, 0) is 0 Å². The molecule has 0 amide bonds. The summed E-state index contributed by atoms with van der Waals surface area (Å²) in [5, 5.41) is 4.34. The Labute approximate surface area is 115 Å². The van der Waals surface area contributed by atoms with E-state index in [0.717, 1.165) is 11.1 Å². The Morgan fingerprint density at radius 1 is 0.950 bits per heavy atom. The molecule has 0 bridgehead atoms. The van der Waals surface area contributed by atoms with Crippen molar-refractivity contribution in [2.45, 2.75) is 6.92 Å². The Hall–Kier alpha value is -2.75. The van der Waals surface area contributed by atoms with E-state index in [1.54, 1.807) is 6.07 Å². The summed E-state index contributed by atoms with van der Waals surface area (Å²) in [6.07, 6.45) is 0. The molecule has 4 nitrogen and oxygen atoms in total. The van der Waals surface area contributed by atoms with Crippen LogP contribution in [0.1, 0.15) is 15.9 Å². The maximum atomic E-state index is 12.2. The highest BCUT2D eigenvalue weighted by molar-refractivity contribution is 6.07. The van der Waals surface area contributed by atoms with Crippen LogP contribution in [0.25, 0.3) is 22.8 Å². The van der Waals surface area contributed by atoms with Gasteiger partial charge in [-0.3, -0.25) is 4.79 Å². The van der Waals surface area contributed by atoms with Crippen LogP contribution in [0.3, 0.4) is 0 Å². The lowest BCUT2D eigenvalue weighted by Crippen LogP contribution is -2.07. The number of fused-ring (bicyclic) bond motifs is 3. The molecule has 0 unspecified atom stereocenters. The maximum Gasteiger partial charge on any atom is 0.280 e. The van der Waals surface area contributed by atoms with Crippen molar-refractivity contribution in [3.05, 3.63) is 59.7 Å². The first-order chi connectivity index (χ1) is 9.74. The number of benzene rings is 2. The van der Waals surface area contributed by atoms with Crippen molar-refractivity contribution in [1.29, 1.82) is 0 Å². The van der Waals surface area contributed by atoms with Crippen molar-refractivity contribution in [1.82, 2.24) is 14.8 Å². The summed E-state index contributed by atoms with van der Waals surface area (Å²) >= 11 is 0. The lowest BCUT2D eigenvalue weighted by atomic mass is 10.1. The molecule has 1 aliphatic heterocycles. The molecular formula is C16H11N3O. The average molecular weight is 261 g/mol. The molecule has 96 valence electrons. The van der Waals surface area contributed by atoms with Crippen LogP contribution >= 0.6 is 0 Å². The number of carbonyl (C=O) groups is 1. The summed E-state index contributed by atoms with van der Waals surface area (Å²) in [4.78, 5) is 16.8. The van der Waals surface area contributed by atoms with Crippen molar-refractivity contribution >= 4 is 5.91 Å². The largest absolute Gasteiger partial charge is 0.280 e. The monoisotopic (exact) mass is 261 g/mol. The Balaban J connectivity index is 1.88. The third-order valence-corrected chi connectivity index (χ3v) is 3.51. The molecule has 3 aromatic rings. The fraction of sp³-hybridized carbons (Fsp3) is 0.0625. The fourth-order valence-corrected chi connectivity index (χ4v) is 2.43. The molecule has 0 atom stereocenters. The molecule has 0 saturated heterocycles. The molecular weight excluding hydrogens is 250 g/mol. The van der Waals surface area contributed by atoms with Crippen LogP contribution in [0.4, 0.5) is 0 Å². The van der Waals surface area contributed by atoms with E-state index in [9.17, 15) is 4.79 Å². The number of rotatable bonds is 1. The smallest absolute Gasteiger partial charge is 0.267 e. The highest BCUT2D eigenvalue weighted by Gasteiger charge is 2.29. The van der Waals surface area contributed by atoms with Gasteiger partial charge in [0, 0.05) is 11.1 Å².